The third kappa shape index (κ3) is 5.60. The first-order valence-electron chi connectivity index (χ1n) is 10.7. The van der Waals surface area contributed by atoms with E-state index in [0.717, 1.165) is 4.90 Å². The average Bonchev–Trinajstić information content (AvgIpc) is 3.12. The fraction of sp³-hybridized carbons (Fsp3) is 0.120. The Morgan fingerprint density at radius 2 is 1.86 bits per heavy atom. The number of nitrogens with one attached hydrogen (secondary N) is 1. The number of hydrogen-bond donors (Lipinski definition) is 1. The highest BCUT2D eigenvalue weighted by Gasteiger charge is 2.35. The number of ether oxygens (including phenoxy) is 2. The number of nitrogens with zero attached hydrogens (tertiary/aromatic N) is 2. The molecular formula is C25H19ClIN3O6. The maximum atomic E-state index is 12.9. The summed E-state index contributed by atoms with van der Waals surface area (Å²) in [5.41, 5.74) is 1.74. The Hall–Kier alpha value is -3.64. The van der Waals surface area contributed by atoms with Crippen LogP contribution >= 0.6 is 34.2 Å². The molecule has 11 heteroatoms. The number of hydrogen-bond acceptors (Lipinski definition) is 6. The third-order valence-corrected chi connectivity index (χ3v) is 6.16. The van der Waals surface area contributed by atoms with Gasteiger partial charge in [0.2, 0.25) is 0 Å². The lowest BCUT2D eigenvalue weighted by molar-refractivity contribution is -0.384. The molecule has 184 valence electrons. The van der Waals surface area contributed by atoms with E-state index in [-0.39, 0.29) is 18.0 Å². The first-order valence-corrected chi connectivity index (χ1v) is 12.2. The van der Waals surface area contributed by atoms with Gasteiger partial charge in [0.1, 0.15) is 12.3 Å². The number of nitro benzene ring substituents is 1. The summed E-state index contributed by atoms with van der Waals surface area (Å²) in [6.07, 6.45) is 1.56. The molecule has 0 aliphatic carbocycles. The molecule has 0 bridgehead atoms. The zero-order valence-electron chi connectivity index (χ0n) is 18.9. The molecule has 1 fully saturated rings. The van der Waals surface area contributed by atoms with Gasteiger partial charge in [-0.3, -0.25) is 14.9 Å². The van der Waals surface area contributed by atoms with Crippen LogP contribution < -0.4 is 19.7 Å². The lowest BCUT2D eigenvalue weighted by Crippen LogP contribution is -2.30. The Morgan fingerprint density at radius 1 is 1.11 bits per heavy atom. The molecule has 0 unspecified atom stereocenters. The van der Waals surface area contributed by atoms with Gasteiger partial charge < -0.3 is 14.8 Å². The summed E-state index contributed by atoms with van der Waals surface area (Å²) in [5, 5.41) is 14.1. The monoisotopic (exact) mass is 619 g/mol. The van der Waals surface area contributed by atoms with Gasteiger partial charge in [0.25, 0.3) is 11.6 Å². The molecule has 0 radical (unpaired) electrons. The predicted octanol–water partition coefficient (Wildman–Crippen LogP) is 5.93. The summed E-state index contributed by atoms with van der Waals surface area (Å²) < 4.78 is 12.4. The van der Waals surface area contributed by atoms with Crippen molar-refractivity contribution in [3.8, 4) is 11.5 Å². The Kier molecular flexibility index (Phi) is 7.75. The van der Waals surface area contributed by atoms with E-state index in [4.69, 9.17) is 21.1 Å². The second kappa shape index (κ2) is 11.0. The van der Waals surface area contributed by atoms with E-state index >= 15 is 0 Å². The number of imide groups is 1. The fourth-order valence-corrected chi connectivity index (χ4v) is 4.42. The summed E-state index contributed by atoms with van der Waals surface area (Å²) in [6.45, 7) is 2.29. The minimum Gasteiger partial charge on any atom is -0.490 e. The molecule has 0 aromatic heterocycles. The van der Waals surface area contributed by atoms with Crippen molar-refractivity contribution < 1.29 is 24.0 Å². The number of carbonyl (C=O) groups excluding carboxylic acids is 2. The number of anilines is 1. The van der Waals surface area contributed by atoms with E-state index in [0.29, 0.717) is 43.5 Å². The van der Waals surface area contributed by atoms with Crippen LogP contribution in [0.4, 0.5) is 16.2 Å². The Morgan fingerprint density at radius 3 is 2.56 bits per heavy atom. The molecule has 3 aromatic carbocycles. The number of carbonyl (C=O) groups is 2. The maximum absolute atomic E-state index is 12.9. The lowest BCUT2D eigenvalue weighted by Gasteiger charge is -2.15. The molecule has 1 aliphatic rings. The van der Waals surface area contributed by atoms with Crippen molar-refractivity contribution >= 4 is 63.6 Å². The van der Waals surface area contributed by atoms with Crippen molar-refractivity contribution in [2.75, 3.05) is 11.5 Å². The molecule has 0 spiro atoms. The highest BCUT2D eigenvalue weighted by atomic mass is 127. The van der Waals surface area contributed by atoms with Crippen molar-refractivity contribution in [2.24, 2.45) is 0 Å². The first-order chi connectivity index (χ1) is 17.3. The van der Waals surface area contributed by atoms with E-state index < -0.39 is 16.9 Å². The summed E-state index contributed by atoms with van der Waals surface area (Å²) in [5.74, 6) is 0.407. The SMILES string of the molecule is CCOc1cc(/C=C2/NC(=O)N(c3ccc(Cl)cc3)C2=O)cc(I)c1OCc1cccc([N+](=O)[O-])c1. The molecule has 3 amide bonds. The van der Waals surface area contributed by atoms with Gasteiger partial charge in [0, 0.05) is 17.2 Å². The van der Waals surface area contributed by atoms with E-state index in [1.54, 1.807) is 54.6 Å². The lowest BCUT2D eigenvalue weighted by atomic mass is 10.1. The van der Waals surface area contributed by atoms with E-state index in [1.807, 2.05) is 6.92 Å². The van der Waals surface area contributed by atoms with Gasteiger partial charge in [0.05, 0.1) is 20.8 Å². The van der Waals surface area contributed by atoms with Crippen LogP contribution in [-0.2, 0) is 11.4 Å². The number of non-ortho nitro benzene ring substituents is 1. The van der Waals surface area contributed by atoms with Crippen LogP contribution in [0.3, 0.4) is 0 Å². The molecule has 1 aliphatic heterocycles. The van der Waals surface area contributed by atoms with Crippen molar-refractivity contribution in [3.63, 3.8) is 0 Å². The predicted molar refractivity (Wildman–Crippen MR) is 143 cm³/mol. The molecule has 1 N–H and O–H groups in total. The molecule has 36 heavy (non-hydrogen) atoms. The van der Waals surface area contributed by atoms with Crippen molar-refractivity contribution in [3.05, 3.63) is 96.2 Å². The number of nitro groups is 1. The topological polar surface area (TPSA) is 111 Å². The largest absolute Gasteiger partial charge is 0.490 e. The van der Waals surface area contributed by atoms with Crippen LogP contribution in [0.15, 0.2) is 66.4 Å². The maximum Gasteiger partial charge on any atom is 0.333 e. The number of halogens is 2. The average molecular weight is 620 g/mol. The van der Waals surface area contributed by atoms with Gasteiger partial charge in [0.15, 0.2) is 11.5 Å². The second-order valence-electron chi connectivity index (χ2n) is 7.58. The van der Waals surface area contributed by atoms with Gasteiger partial charge in [-0.1, -0.05) is 23.7 Å². The quantitative estimate of drug-likeness (QED) is 0.110. The minimum atomic E-state index is -0.565. The van der Waals surface area contributed by atoms with E-state index in [1.165, 1.54) is 12.1 Å². The van der Waals surface area contributed by atoms with Crippen molar-refractivity contribution in [1.29, 1.82) is 0 Å². The highest BCUT2D eigenvalue weighted by molar-refractivity contribution is 14.1. The Balaban J connectivity index is 1.59. The second-order valence-corrected chi connectivity index (χ2v) is 9.18. The van der Waals surface area contributed by atoms with E-state index in [2.05, 4.69) is 27.9 Å². The Bertz CT molecular complexity index is 1380. The highest BCUT2D eigenvalue weighted by Crippen LogP contribution is 2.36. The number of urea groups is 1. The van der Waals surface area contributed by atoms with Crippen LogP contribution in [0, 0.1) is 13.7 Å². The number of benzene rings is 3. The van der Waals surface area contributed by atoms with Gasteiger partial charge in [-0.25, -0.2) is 9.69 Å². The van der Waals surface area contributed by atoms with Gasteiger partial charge in [-0.2, -0.15) is 0 Å². The van der Waals surface area contributed by atoms with Crippen LogP contribution in [0.2, 0.25) is 5.02 Å². The van der Waals surface area contributed by atoms with E-state index in [9.17, 15) is 19.7 Å². The van der Waals surface area contributed by atoms with Crippen LogP contribution in [0.25, 0.3) is 6.08 Å². The van der Waals surface area contributed by atoms with Gasteiger partial charge in [-0.15, -0.1) is 0 Å². The smallest absolute Gasteiger partial charge is 0.333 e. The molecule has 4 rings (SSSR count). The molecule has 0 saturated carbocycles. The zero-order chi connectivity index (χ0) is 25.8. The van der Waals surface area contributed by atoms with Crippen molar-refractivity contribution in [1.82, 2.24) is 5.32 Å². The first kappa shape index (κ1) is 25.5. The number of rotatable bonds is 8. The summed E-state index contributed by atoms with van der Waals surface area (Å²) in [7, 11) is 0. The van der Waals surface area contributed by atoms with Crippen LogP contribution in [0.1, 0.15) is 18.1 Å². The van der Waals surface area contributed by atoms with Crippen LogP contribution in [-0.4, -0.2) is 23.5 Å². The third-order valence-electron chi connectivity index (χ3n) is 5.11. The molecular weight excluding hydrogens is 601 g/mol. The number of amides is 3. The molecule has 3 aromatic rings. The minimum absolute atomic E-state index is 0.0197. The summed E-state index contributed by atoms with van der Waals surface area (Å²) >= 11 is 7.99. The summed E-state index contributed by atoms with van der Waals surface area (Å²) in [4.78, 5) is 37.0. The molecule has 9 nitrogen and oxygen atoms in total. The molecule has 1 heterocycles. The summed E-state index contributed by atoms with van der Waals surface area (Å²) in [6, 6.07) is 15.5. The van der Waals surface area contributed by atoms with Crippen molar-refractivity contribution in [2.45, 2.75) is 13.5 Å². The fourth-order valence-electron chi connectivity index (χ4n) is 3.52. The Labute approximate surface area is 224 Å². The van der Waals surface area contributed by atoms with Gasteiger partial charge in [-0.05, 0) is 83.1 Å². The molecule has 1 saturated heterocycles. The molecule has 0 atom stereocenters. The standard InChI is InChI=1S/C25H19ClIN3O6/c1-2-35-22-13-16(11-20(27)23(22)36-14-15-4-3-5-19(10-15)30(33)34)12-21-24(31)29(25(32)28-21)18-8-6-17(26)7-9-18/h3-13H,2,14H2,1H3,(H,28,32)/b21-12+. The van der Waals surface area contributed by atoms with Crippen LogP contribution in [0.5, 0.6) is 11.5 Å². The zero-order valence-corrected chi connectivity index (χ0v) is 21.8. The normalized spacial score (nSPS) is 14.2. The van der Waals surface area contributed by atoms with Gasteiger partial charge >= 0.3 is 6.03 Å².